The number of halogens is 1. The van der Waals surface area contributed by atoms with Crippen molar-refractivity contribution >= 4 is 46.7 Å². The molecule has 4 heterocycles. The number of thiophene rings is 1. The molecule has 10 nitrogen and oxygen atoms in total. The van der Waals surface area contributed by atoms with Crippen LogP contribution in [0.5, 0.6) is 0 Å². The smallest absolute Gasteiger partial charge is 0.340 e. The van der Waals surface area contributed by atoms with Crippen molar-refractivity contribution in [2.75, 3.05) is 13.1 Å². The molecule has 2 aromatic carbocycles. The molecule has 3 aromatic rings. The second-order valence-electron chi connectivity index (χ2n) is 11.8. The molecule has 0 radical (unpaired) electrons. The monoisotopic (exact) mass is 638 g/mol. The summed E-state index contributed by atoms with van der Waals surface area (Å²) < 4.78 is 26.2. The van der Waals surface area contributed by atoms with Gasteiger partial charge in [-0.2, -0.15) is 5.26 Å². The van der Waals surface area contributed by atoms with Gasteiger partial charge in [-0.1, -0.05) is 36.4 Å². The highest BCUT2D eigenvalue weighted by molar-refractivity contribution is 7.51. The minimum atomic E-state index is -4.98. The Morgan fingerprint density at radius 1 is 1.07 bits per heavy atom. The third-order valence-electron chi connectivity index (χ3n) is 9.04. The molecule has 0 saturated carbocycles. The third kappa shape index (κ3) is 5.77. The topological polar surface area (TPSA) is 151 Å². The van der Waals surface area contributed by atoms with Crippen molar-refractivity contribution in [2.45, 2.75) is 62.1 Å². The van der Waals surface area contributed by atoms with E-state index in [2.05, 4.69) is 11.4 Å². The predicted octanol–water partition coefficient (Wildman–Crippen LogP) is 4.45. The normalized spacial score (nSPS) is 26.2. The number of hydrogen-bond donors (Lipinski definition) is 3. The van der Waals surface area contributed by atoms with Gasteiger partial charge < -0.3 is 24.9 Å². The van der Waals surface area contributed by atoms with Crippen molar-refractivity contribution in [2.24, 2.45) is 5.92 Å². The maximum atomic E-state index is 14.2. The quantitative estimate of drug-likeness (QED) is 0.338. The van der Waals surface area contributed by atoms with Gasteiger partial charge >= 0.3 is 7.60 Å². The summed E-state index contributed by atoms with van der Waals surface area (Å²) in [7, 11) is -4.98. The molecule has 230 valence electrons. The highest BCUT2D eigenvalue weighted by Crippen LogP contribution is 2.53. The summed E-state index contributed by atoms with van der Waals surface area (Å²) >= 11 is 1.13. The molecule has 1 aromatic heterocycles. The lowest BCUT2D eigenvalue weighted by Crippen LogP contribution is -2.54. The van der Waals surface area contributed by atoms with Crippen molar-refractivity contribution in [1.82, 2.24) is 15.1 Å². The molecular weight excluding hydrogens is 606 g/mol. The summed E-state index contributed by atoms with van der Waals surface area (Å²) in [4.78, 5) is 63.1. The molecule has 3 saturated heterocycles. The lowest BCUT2D eigenvalue weighted by molar-refractivity contribution is -0.145. The number of likely N-dealkylation sites (tertiary alicyclic amines) is 1. The SMILES string of the molecule is N#C[C@H]1CN(C(=O)[C@@H]2CC[C@@H]3CCC[C@H](NC(=O)c4cc5cc(C(F)P(=O)(O)O)ccc5s4)C(=O)N32)C[C@@H]1c1ccccc1. The van der Waals surface area contributed by atoms with Crippen molar-refractivity contribution in [1.29, 1.82) is 5.26 Å². The van der Waals surface area contributed by atoms with E-state index < -0.39 is 31.5 Å². The first kappa shape index (κ1) is 30.4. The largest absolute Gasteiger partial charge is 0.363 e. The Morgan fingerprint density at radius 2 is 1.84 bits per heavy atom. The van der Waals surface area contributed by atoms with E-state index in [1.54, 1.807) is 9.80 Å². The summed E-state index contributed by atoms with van der Waals surface area (Å²) in [6.07, 6.45) is 3.08. The molecule has 3 fully saturated rings. The molecule has 1 unspecified atom stereocenters. The van der Waals surface area contributed by atoms with Crippen molar-refractivity contribution in [3.63, 3.8) is 0 Å². The summed E-state index contributed by atoms with van der Waals surface area (Å²) in [5.41, 5.74) is 0.829. The zero-order valence-electron chi connectivity index (χ0n) is 23.7. The number of benzene rings is 2. The first-order chi connectivity index (χ1) is 21.0. The van der Waals surface area contributed by atoms with Crippen LogP contribution in [0, 0.1) is 17.2 Å². The number of rotatable bonds is 6. The molecule has 0 aliphatic carbocycles. The number of carbonyl (C=O) groups is 3. The van der Waals surface area contributed by atoms with Gasteiger partial charge in [-0.25, -0.2) is 4.39 Å². The van der Waals surface area contributed by atoms with Crippen LogP contribution in [0.3, 0.4) is 0 Å². The van der Waals surface area contributed by atoms with E-state index in [1.807, 2.05) is 30.3 Å². The molecular formula is C31H32FN4O6PS. The van der Waals surface area contributed by atoms with Crippen molar-refractivity contribution < 1.29 is 33.1 Å². The number of nitrogens with one attached hydrogen (secondary N) is 1. The van der Waals surface area contributed by atoms with Gasteiger partial charge in [-0.05, 0) is 66.8 Å². The zero-order valence-corrected chi connectivity index (χ0v) is 25.4. The van der Waals surface area contributed by atoms with E-state index in [-0.39, 0.29) is 40.1 Å². The maximum Gasteiger partial charge on any atom is 0.363 e. The van der Waals surface area contributed by atoms with Crippen LogP contribution in [0.2, 0.25) is 0 Å². The highest BCUT2D eigenvalue weighted by atomic mass is 32.1. The Hall–Kier alpha value is -3.62. The Kier molecular flexibility index (Phi) is 8.33. The first-order valence-electron chi connectivity index (χ1n) is 14.6. The maximum absolute atomic E-state index is 14.2. The lowest BCUT2D eigenvalue weighted by atomic mass is 9.90. The van der Waals surface area contributed by atoms with Crippen molar-refractivity contribution in [3.8, 4) is 6.07 Å². The van der Waals surface area contributed by atoms with Gasteiger partial charge in [-0.3, -0.25) is 18.9 Å². The number of nitriles is 1. The number of alkyl halides is 1. The van der Waals surface area contributed by atoms with Crippen LogP contribution in [0.1, 0.15) is 64.7 Å². The molecule has 6 atom stereocenters. The van der Waals surface area contributed by atoms with Gasteiger partial charge in [-0.15, -0.1) is 11.3 Å². The van der Waals surface area contributed by atoms with Gasteiger partial charge in [0.15, 0.2) is 0 Å². The lowest BCUT2D eigenvalue weighted by Gasteiger charge is -2.32. The zero-order chi connectivity index (χ0) is 31.2. The van der Waals surface area contributed by atoms with Crippen LogP contribution < -0.4 is 5.32 Å². The predicted molar refractivity (Wildman–Crippen MR) is 161 cm³/mol. The summed E-state index contributed by atoms with van der Waals surface area (Å²) in [5.74, 6) is -3.84. The van der Waals surface area contributed by atoms with Gasteiger partial charge in [0.25, 0.3) is 5.91 Å². The Labute approximate surface area is 257 Å². The van der Waals surface area contributed by atoms with Crippen molar-refractivity contribution in [3.05, 3.63) is 70.6 Å². The van der Waals surface area contributed by atoms with Crippen LogP contribution in [-0.2, 0) is 14.2 Å². The van der Waals surface area contributed by atoms with Gasteiger partial charge in [0, 0.05) is 29.7 Å². The Balaban J connectivity index is 1.17. The van der Waals surface area contributed by atoms with E-state index in [9.17, 15) is 38.4 Å². The second kappa shape index (κ2) is 12.1. The minimum absolute atomic E-state index is 0.0944. The molecule has 3 amide bonds. The minimum Gasteiger partial charge on any atom is -0.340 e. The van der Waals surface area contributed by atoms with E-state index in [1.165, 1.54) is 24.3 Å². The number of amides is 3. The first-order valence-corrected chi connectivity index (χ1v) is 17.1. The highest BCUT2D eigenvalue weighted by Gasteiger charge is 2.48. The molecule has 44 heavy (non-hydrogen) atoms. The van der Waals surface area contributed by atoms with E-state index in [0.717, 1.165) is 23.3 Å². The van der Waals surface area contributed by atoms with E-state index in [0.29, 0.717) is 48.9 Å². The fourth-order valence-electron chi connectivity index (χ4n) is 6.85. The van der Waals surface area contributed by atoms with E-state index in [4.69, 9.17) is 0 Å². The number of hydrogen-bond acceptors (Lipinski definition) is 6. The second-order valence-corrected chi connectivity index (χ2v) is 14.5. The molecule has 6 rings (SSSR count). The standard InChI is InChI=1S/C31H32FN4O6PS/c32-28(43(40,41)42)19-9-12-26-20(13-19)14-27(44-26)29(37)34-24-8-4-7-22-10-11-25(36(22)30(24)38)31(39)35-16-21(15-33)23(17-35)18-5-2-1-3-6-18/h1-3,5-6,9,12-14,21-25,28H,4,7-8,10-11,16-17H2,(H,34,37)(H2,40,41,42)/t21-,22-,23+,24-,25-,28?/m0/s1. The summed E-state index contributed by atoms with van der Waals surface area (Å²) in [6, 6.07) is 16.1. The molecule has 0 spiro atoms. The Morgan fingerprint density at radius 3 is 2.57 bits per heavy atom. The van der Waals surface area contributed by atoms with Gasteiger partial charge in [0.1, 0.15) is 12.1 Å². The van der Waals surface area contributed by atoms with Crippen LogP contribution >= 0.6 is 18.9 Å². The number of carbonyl (C=O) groups excluding carboxylic acids is 3. The van der Waals surface area contributed by atoms with Crippen LogP contribution in [0.15, 0.2) is 54.6 Å². The fraction of sp³-hybridized carbons (Fsp3) is 0.419. The van der Waals surface area contributed by atoms with Gasteiger partial charge in [0.05, 0.1) is 16.9 Å². The number of nitrogens with zero attached hydrogens (tertiary/aromatic N) is 3. The van der Waals surface area contributed by atoms with Crippen LogP contribution in [0.4, 0.5) is 4.39 Å². The van der Waals surface area contributed by atoms with E-state index >= 15 is 0 Å². The van der Waals surface area contributed by atoms with Crippen LogP contribution in [-0.4, -0.2) is 68.5 Å². The molecule has 3 aliphatic heterocycles. The van der Waals surface area contributed by atoms with Crippen LogP contribution in [0.25, 0.3) is 10.1 Å². The van der Waals surface area contributed by atoms with Gasteiger partial charge in [0.2, 0.25) is 17.7 Å². The third-order valence-corrected chi connectivity index (χ3v) is 11.0. The summed E-state index contributed by atoms with van der Waals surface area (Å²) in [6.45, 7) is 0.721. The average molecular weight is 639 g/mol. The molecule has 0 bridgehead atoms. The molecule has 3 aliphatic rings. The Bertz CT molecular complexity index is 1690. The summed E-state index contributed by atoms with van der Waals surface area (Å²) in [5, 5.41) is 13.1. The molecule has 3 N–H and O–H groups in total. The molecule has 13 heteroatoms. The number of fused-ring (bicyclic) bond motifs is 2. The fourth-order valence-corrected chi connectivity index (χ4v) is 8.34. The average Bonchev–Trinajstić information content (AvgIpc) is 3.73.